The lowest BCUT2D eigenvalue weighted by Gasteiger charge is -2.26. The molecule has 0 aliphatic heterocycles. The Labute approximate surface area is 130 Å². The number of hydrogen-bond acceptors (Lipinski definition) is 4. The predicted molar refractivity (Wildman–Crippen MR) is 88.4 cm³/mol. The van der Waals surface area contributed by atoms with Gasteiger partial charge >= 0.3 is 0 Å². The van der Waals surface area contributed by atoms with Crippen molar-refractivity contribution in [3.05, 3.63) is 51.4 Å². The molecule has 3 aromatic heterocycles. The Morgan fingerprint density at radius 1 is 1.30 bits per heavy atom. The zero-order valence-electron chi connectivity index (χ0n) is 11.2. The van der Waals surface area contributed by atoms with Crippen molar-refractivity contribution in [1.29, 1.82) is 0 Å². The molecule has 3 heterocycles. The van der Waals surface area contributed by atoms with Crippen LogP contribution in [-0.4, -0.2) is 17.0 Å². The summed E-state index contributed by atoms with van der Waals surface area (Å²) in [6.45, 7) is 2.21. The highest BCUT2D eigenvalue weighted by Gasteiger charge is 2.16. The van der Waals surface area contributed by atoms with Crippen LogP contribution in [0, 0.1) is 0 Å². The van der Waals surface area contributed by atoms with E-state index in [2.05, 4.69) is 62.3 Å². The Kier molecular flexibility index (Phi) is 3.72. The summed E-state index contributed by atoms with van der Waals surface area (Å²) < 4.78 is 0.948. The molecule has 20 heavy (non-hydrogen) atoms. The van der Waals surface area contributed by atoms with Crippen LogP contribution in [0.5, 0.6) is 0 Å². The maximum absolute atomic E-state index is 4.52. The first-order valence-corrected chi connectivity index (χ1v) is 8.00. The summed E-state index contributed by atoms with van der Waals surface area (Å²) in [5.41, 5.74) is 2.94. The molecular weight excluding hydrogens is 334 g/mol. The average molecular weight is 348 g/mol. The molecule has 0 amide bonds. The molecule has 0 aliphatic rings. The van der Waals surface area contributed by atoms with E-state index in [1.165, 1.54) is 4.88 Å². The summed E-state index contributed by atoms with van der Waals surface area (Å²) >= 11 is 5.22. The smallest absolute Gasteiger partial charge is 0.112 e. The van der Waals surface area contributed by atoms with E-state index in [-0.39, 0.29) is 0 Å². The van der Waals surface area contributed by atoms with Gasteiger partial charge in [0.15, 0.2) is 0 Å². The lowest BCUT2D eigenvalue weighted by molar-refractivity contribution is 0.755. The summed E-state index contributed by atoms with van der Waals surface area (Å²) in [6, 6.07) is 8.58. The molecule has 102 valence electrons. The molecule has 0 fully saturated rings. The minimum atomic E-state index is 0.311. The van der Waals surface area contributed by atoms with E-state index in [0.29, 0.717) is 6.04 Å². The molecule has 5 heteroatoms. The Morgan fingerprint density at radius 2 is 2.15 bits per heavy atom. The second-order valence-electron chi connectivity index (χ2n) is 4.65. The third-order valence-electron chi connectivity index (χ3n) is 3.44. The first-order valence-electron chi connectivity index (χ1n) is 6.33. The fourth-order valence-electron chi connectivity index (χ4n) is 2.20. The molecule has 0 N–H and O–H groups in total. The molecule has 0 aliphatic carbocycles. The van der Waals surface area contributed by atoms with Crippen molar-refractivity contribution < 1.29 is 0 Å². The van der Waals surface area contributed by atoms with Crippen LogP contribution in [0.25, 0.3) is 11.0 Å². The number of aromatic nitrogens is 2. The second-order valence-corrected chi connectivity index (χ2v) is 6.55. The van der Waals surface area contributed by atoms with E-state index >= 15 is 0 Å². The van der Waals surface area contributed by atoms with Crippen LogP contribution < -0.4 is 4.90 Å². The highest BCUT2D eigenvalue weighted by atomic mass is 79.9. The summed E-state index contributed by atoms with van der Waals surface area (Å²) in [4.78, 5) is 12.5. The van der Waals surface area contributed by atoms with Crippen LogP contribution in [0.1, 0.15) is 17.8 Å². The molecule has 0 bridgehead atoms. The summed E-state index contributed by atoms with van der Waals surface area (Å²) in [5, 5.41) is 2.11. The van der Waals surface area contributed by atoms with E-state index < -0.39 is 0 Å². The van der Waals surface area contributed by atoms with Gasteiger partial charge in [-0.15, -0.1) is 11.3 Å². The minimum Gasteiger partial charge on any atom is -0.365 e. The quantitative estimate of drug-likeness (QED) is 0.690. The molecule has 3 rings (SSSR count). The summed E-state index contributed by atoms with van der Waals surface area (Å²) in [5.74, 6) is 0. The molecule has 3 aromatic rings. The van der Waals surface area contributed by atoms with Crippen LogP contribution >= 0.6 is 27.3 Å². The van der Waals surface area contributed by atoms with E-state index in [9.17, 15) is 0 Å². The zero-order valence-corrected chi connectivity index (χ0v) is 13.6. The molecule has 0 saturated heterocycles. The number of halogens is 1. The largest absolute Gasteiger partial charge is 0.365 e. The van der Waals surface area contributed by atoms with Gasteiger partial charge in [-0.3, -0.25) is 9.97 Å². The lowest BCUT2D eigenvalue weighted by Crippen LogP contribution is -2.21. The maximum Gasteiger partial charge on any atom is 0.112 e. The summed E-state index contributed by atoms with van der Waals surface area (Å²) in [7, 11) is 2.10. The van der Waals surface area contributed by atoms with Gasteiger partial charge in [0.25, 0.3) is 0 Å². The van der Waals surface area contributed by atoms with Gasteiger partial charge in [-0.2, -0.15) is 0 Å². The number of fused-ring (bicyclic) bond motifs is 1. The van der Waals surface area contributed by atoms with Gasteiger partial charge in [0, 0.05) is 28.8 Å². The Morgan fingerprint density at radius 3 is 2.90 bits per heavy atom. The number of rotatable bonds is 3. The second kappa shape index (κ2) is 5.50. The van der Waals surface area contributed by atoms with E-state index in [4.69, 9.17) is 0 Å². The van der Waals surface area contributed by atoms with Crippen LogP contribution in [0.3, 0.4) is 0 Å². The van der Waals surface area contributed by atoms with Gasteiger partial charge in [0.05, 0.1) is 17.2 Å². The summed E-state index contributed by atoms with van der Waals surface area (Å²) in [6.07, 6.45) is 3.65. The van der Waals surface area contributed by atoms with Crippen LogP contribution in [0.2, 0.25) is 0 Å². The number of pyridine rings is 2. The van der Waals surface area contributed by atoms with Crippen molar-refractivity contribution in [3.63, 3.8) is 0 Å². The first kappa shape index (κ1) is 13.5. The topological polar surface area (TPSA) is 29.0 Å². The molecule has 3 nitrogen and oxygen atoms in total. The van der Waals surface area contributed by atoms with Crippen LogP contribution in [0.15, 0.2) is 46.5 Å². The Bertz CT molecular complexity index is 727. The lowest BCUT2D eigenvalue weighted by atomic mass is 10.2. The van der Waals surface area contributed by atoms with Crippen molar-refractivity contribution in [1.82, 2.24) is 9.97 Å². The number of thiophene rings is 1. The number of hydrogen-bond donors (Lipinski definition) is 0. The monoisotopic (exact) mass is 347 g/mol. The van der Waals surface area contributed by atoms with E-state index in [0.717, 1.165) is 21.2 Å². The first-order chi connectivity index (χ1) is 9.66. The predicted octanol–water partition coefficient (Wildman–Crippen LogP) is 4.65. The molecular formula is C15H14BrN3S. The van der Waals surface area contributed by atoms with Gasteiger partial charge in [-0.05, 0) is 46.4 Å². The van der Waals surface area contributed by atoms with E-state index in [1.807, 2.05) is 24.5 Å². The van der Waals surface area contributed by atoms with Crippen LogP contribution in [0.4, 0.5) is 5.69 Å². The Balaban J connectivity index is 2.05. The minimum absolute atomic E-state index is 0.311. The van der Waals surface area contributed by atoms with Crippen molar-refractivity contribution >= 4 is 44.0 Å². The number of anilines is 1. The molecule has 0 radical (unpaired) electrons. The molecule has 1 atom stereocenters. The van der Waals surface area contributed by atoms with Gasteiger partial charge in [0.2, 0.25) is 0 Å². The number of nitrogens with zero attached hydrogens (tertiary/aromatic N) is 3. The SMILES string of the molecule is CC(c1cccs1)N(C)c1ccnc2cc(Br)cnc12. The molecule has 0 aromatic carbocycles. The third kappa shape index (κ3) is 2.43. The Hall–Kier alpha value is -1.46. The average Bonchev–Trinajstić information content (AvgIpc) is 2.99. The van der Waals surface area contributed by atoms with Crippen molar-refractivity contribution in [3.8, 4) is 0 Å². The third-order valence-corrected chi connectivity index (χ3v) is 4.91. The molecule has 0 saturated carbocycles. The molecule has 1 unspecified atom stereocenters. The van der Waals surface area contributed by atoms with Gasteiger partial charge in [0.1, 0.15) is 5.52 Å². The van der Waals surface area contributed by atoms with Crippen molar-refractivity contribution in [2.45, 2.75) is 13.0 Å². The van der Waals surface area contributed by atoms with Gasteiger partial charge in [-0.25, -0.2) is 0 Å². The maximum atomic E-state index is 4.52. The van der Waals surface area contributed by atoms with Crippen molar-refractivity contribution in [2.24, 2.45) is 0 Å². The molecule has 0 spiro atoms. The van der Waals surface area contributed by atoms with Gasteiger partial charge < -0.3 is 4.90 Å². The van der Waals surface area contributed by atoms with Crippen LogP contribution in [-0.2, 0) is 0 Å². The fourth-order valence-corrected chi connectivity index (χ4v) is 3.35. The normalized spacial score (nSPS) is 12.6. The fraction of sp³-hybridized carbons (Fsp3) is 0.200. The highest BCUT2D eigenvalue weighted by Crippen LogP contribution is 2.31. The van der Waals surface area contributed by atoms with E-state index in [1.54, 1.807) is 11.3 Å². The van der Waals surface area contributed by atoms with Crippen molar-refractivity contribution in [2.75, 3.05) is 11.9 Å². The highest BCUT2D eigenvalue weighted by molar-refractivity contribution is 9.10. The zero-order chi connectivity index (χ0) is 14.1. The van der Waals surface area contributed by atoms with Gasteiger partial charge in [-0.1, -0.05) is 6.07 Å². The standard InChI is InChI=1S/C15H14BrN3S/c1-10(14-4-3-7-20-14)19(2)13-5-6-17-12-8-11(16)9-18-15(12)13/h3-10H,1-2H3.